The van der Waals surface area contributed by atoms with Crippen molar-refractivity contribution in [1.82, 2.24) is 9.88 Å². The second-order valence-corrected chi connectivity index (χ2v) is 9.56. The minimum Gasteiger partial charge on any atom is -0.302 e. The standard InChI is InChI=1S/C23H28ClN3OS2/c1-3-26(4-2)14-15-27(23-25-20-13-12-18(24)17-21(20)30-23)22(28)11-8-16-29-19-9-6-5-7-10-19/h5-7,9-10,12-13,17H,3-4,8,11,14-16H2,1-2H3. The summed E-state index contributed by atoms with van der Waals surface area (Å²) in [6.07, 6.45) is 1.37. The number of thiazole rings is 1. The van der Waals surface area contributed by atoms with Crippen LogP contribution in [0, 0.1) is 0 Å². The van der Waals surface area contributed by atoms with Gasteiger partial charge in [-0.3, -0.25) is 9.69 Å². The van der Waals surface area contributed by atoms with Crippen LogP contribution in [0.25, 0.3) is 10.2 Å². The maximum atomic E-state index is 13.1. The van der Waals surface area contributed by atoms with Crippen LogP contribution in [0.4, 0.5) is 5.13 Å². The second-order valence-electron chi connectivity index (χ2n) is 6.95. The molecule has 1 amide bonds. The van der Waals surface area contributed by atoms with Gasteiger partial charge in [0.15, 0.2) is 5.13 Å². The van der Waals surface area contributed by atoms with Gasteiger partial charge < -0.3 is 4.90 Å². The molecule has 160 valence electrons. The zero-order valence-corrected chi connectivity index (χ0v) is 19.9. The monoisotopic (exact) mass is 461 g/mol. The molecule has 0 aliphatic heterocycles. The Labute approximate surface area is 192 Å². The summed E-state index contributed by atoms with van der Waals surface area (Å²) in [7, 11) is 0. The maximum Gasteiger partial charge on any atom is 0.228 e. The van der Waals surface area contributed by atoms with Gasteiger partial charge in [0.1, 0.15) is 0 Å². The quantitative estimate of drug-likeness (QED) is 0.251. The van der Waals surface area contributed by atoms with Crippen LogP contribution >= 0.6 is 34.7 Å². The van der Waals surface area contributed by atoms with E-state index < -0.39 is 0 Å². The highest BCUT2D eigenvalue weighted by atomic mass is 35.5. The van der Waals surface area contributed by atoms with Crippen molar-refractivity contribution in [2.24, 2.45) is 0 Å². The Kier molecular flexibility index (Phi) is 9.00. The fraction of sp³-hybridized carbons (Fsp3) is 0.391. The summed E-state index contributed by atoms with van der Waals surface area (Å²) >= 11 is 9.47. The Morgan fingerprint density at radius 2 is 1.87 bits per heavy atom. The zero-order chi connectivity index (χ0) is 21.3. The summed E-state index contributed by atoms with van der Waals surface area (Å²) in [5, 5.41) is 1.46. The van der Waals surface area contributed by atoms with Crippen molar-refractivity contribution < 1.29 is 4.79 Å². The SMILES string of the molecule is CCN(CC)CCN(C(=O)CCCSc1ccccc1)c1nc2ccc(Cl)cc2s1. The van der Waals surface area contributed by atoms with Gasteiger partial charge in [-0.15, -0.1) is 11.8 Å². The third kappa shape index (κ3) is 6.45. The lowest BCUT2D eigenvalue weighted by Gasteiger charge is -2.24. The highest BCUT2D eigenvalue weighted by Crippen LogP contribution is 2.31. The molecule has 1 aromatic heterocycles. The molecule has 0 spiro atoms. The van der Waals surface area contributed by atoms with Gasteiger partial charge in [-0.2, -0.15) is 0 Å². The molecule has 0 saturated carbocycles. The number of fused-ring (bicyclic) bond motifs is 1. The average molecular weight is 462 g/mol. The van der Waals surface area contributed by atoms with Gasteiger partial charge >= 0.3 is 0 Å². The van der Waals surface area contributed by atoms with E-state index in [2.05, 4.69) is 30.9 Å². The third-order valence-corrected chi connectivity index (χ3v) is 7.33. The summed E-state index contributed by atoms with van der Waals surface area (Å²) in [5.74, 6) is 1.07. The van der Waals surface area contributed by atoms with Crippen LogP contribution in [0.15, 0.2) is 53.4 Å². The van der Waals surface area contributed by atoms with Crippen molar-refractivity contribution in [3.8, 4) is 0 Å². The first-order chi connectivity index (χ1) is 14.6. The van der Waals surface area contributed by atoms with E-state index in [-0.39, 0.29) is 5.91 Å². The smallest absolute Gasteiger partial charge is 0.228 e. The first kappa shape index (κ1) is 23.1. The molecule has 30 heavy (non-hydrogen) atoms. The number of benzene rings is 2. The average Bonchev–Trinajstić information content (AvgIpc) is 3.17. The number of carbonyl (C=O) groups is 1. The van der Waals surface area contributed by atoms with Gasteiger partial charge in [-0.25, -0.2) is 4.98 Å². The molecule has 4 nitrogen and oxygen atoms in total. The molecule has 0 saturated heterocycles. The van der Waals surface area contributed by atoms with Crippen molar-refractivity contribution in [3.05, 3.63) is 53.6 Å². The lowest BCUT2D eigenvalue weighted by Crippen LogP contribution is -2.38. The number of thioether (sulfide) groups is 1. The van der Waals surface area contributed by atoms with Crippen LogP contribution < -0.4 is 4.90 Å². The summed E-state index contributed by atoms with van der Waals surface area (Å²) in [6, 6.07) is 16.0. The van der Waals surface area contributed by atoms with Crippen LogP contribution in [0.2, 0.25) is 5.02 Å². The molecular weight excluding hydrogens is 434 g/mol. The third-order valence-electron chi connectivity index (χ3n) is 4.95. The number of nitrogens with zero attached hydrogens (tertiary/aromatic N) is 3. The first-order valence-electron chi connectivity index (χ1n) is 10.4. The molecule has 3 rings (SSSR count). The maximum absolute atomic E-state index is 13.1. The number of hydrogen-bond acceptors (Lipinski definition) is 5. The fourth-order valence-electron chi connectivity index (χ4n) is 3.18. The van der Waals surface area contributed by atoms with E-state index in [4.69, 9.17) is 16.6 Å². The number of hydrogen-bond donors (Lipinski definition) is 0. The van der Waals surface area contributed by atoms with E-state index in [1.54, 1.807) is 11.8 Å². The predicted octanol–water partition coefficient (Wildman–Crippen LogP) is 6.20. The molecule has 7 heteroatoms. The number of amides is 1. The lowest BCUT2D eigenvalue weighted by atomic mass is 10.3. The molecule has 3 aromatic rings. The minimum absolute atomic E-state index is 0.140. The molecule has 0 aliphatic rings. The van der Waals surface area contributed by atoms with E-state index in [1.165, 1.54) is 16.2 Å². The number of aromatic nitrogens is 1. The number of anilines is 1. The van der Waals surface area contributed by atoms with Crippen LogP contribution in [-0.2, 0) is 4.79 Å². The van der Waals surface area contributed by atoms with E-state index in [0.29, 0.717) is 18.0 Å². The van der Waals surface area contributed by atoms with Gasteiger partial charge in [-0.1, -0.05) is 55.0 Å². The molecule has 2 aromatic carbocycles. The topological polar surface area (TPSA) is 36.4 Å². The van der Waals surface area contributed by atoms with Crippen molar-refractivity contribution >= 4 is 56.0 Å². The summed E-state index contributed by atoms with van der Waals surface area (Å²) in [4.78, 5) is 23.3. The highest BCUT2D eigenvalue weighted by Gasteiger charge is 2.20. The molecule has 0 aliphatic carbocycles. The number of rotatable bonds is 11. The second kappa shape index (κ2) is 11.7. The van der Waals surface area contributed by atoms with E-state index in [0.717, 1.165) is 47.2 Å². The van der Waals surface area contributed by atoms with E-state index in [1.807, 2.05) is 41.3 Å². The van der Waals surface area contributed by atoms with Crippen molar-refractivity contribution in [1.29, 1.82) is 0 Å². The normalized spacial score (nSPS) is 11.3. The molecule has 0 atom stereocenters. The van der Waals surface area contributed by atoms with Gasteiger partial charge in [0, 0.05) is 29.4 Å². The molecular formula is C23H28ClN3OS2. The largest absolute Gasteiger partial charge is 0.302 e. The molecule has 0 unspecified atom stereocenters. The minimum atomic E-state index is 0.140. The number of halogens is 1. The molecule has 0 radical (unpaired) electrons. The molecule has 0 N–H and O–H groups in total. The van der Waals surface area contributed by atoms with Crippen LogP contribution in [0.1, 0.15) is 26.7 Å². The van der Waals surface area contributed by atoms with E-state index in [9.17, 15) is 4.79 Å². The summed E-state index contributed by atoms with van der Waals surface area (Å²) in [6.45, 7) is 7.74. The molecule has 1 heterocycles. The fourth-order valence-corrected chi connectivity index (χ4v) is 5.33. The Hall–Kier alpha value is -1.60. The number of carbonyl (C=O) groups excluding carboxylic acids is 1. The Morgan fingerprint density at radius 1 is 1.10 bits per heavy atom. The molecule has 0 bridgehead atoms. The number of likely N-dealkylation sites (N-methyl/N-ethyl adjacent to an activating group) is 1. The Bertz CT molecular complexity index is 944. The molecule has 0 fully saturated rings. The first-order valence-corrected chi connectivity index (χ1v) is 12.6. The Balaban J connectivity index is 1.66. The highest BCUT2D eigenvalue weighted by molar-refractivity contribution is 7.99. The summed E-state index contributed by atoms with van der Waals surface area (Å²) in [5.41, 5.74) is 0.889. The van der Waals surface area contributed by atoms with Crippen molar-refractivity contribution in [2.45, 2.75) is 31.6 Å². The Morgan fingerprint density at radius 3 is 2.60 bits per heavy atom. The van der Waals surface area contributed by atoms with Gasteiger partial charge in [0.25, 0.3) is 0 Å². The predicted molar refractivity (Wildman–Crippen MR) is 131 cm³/mol. The van der Waals surface area contributed by atoms with Crippen LogP contribution in [0.3, 0.4) is 0 Å². The van der Waals surface area contributed by atoms with Gasteiger partial charge in [0.05, 0.1) is 10.2 Å². The van der Waals surface area contributed by atoms with Crippen LogP contribution in [-0.4, -0.2) is 47.7 Å². The van der Waals surface area contributed by atoms with Crippen molar-refractivity contribution in [3.63, 3.8) is 0 Å². The van der Waals surface area contributed by atoms with Gasteiger partial charge in [0.2, 0.25) is 5.91 Å². The van der Waals surface area contributed by atoms with E-state index >= 15 is 0 Å². The van der Waals surface area contributed by atoms with Crippen molar-refractivity contribution in [2.75, 3.05) is 36.8 Å². The van der Waals surface area contributed by atoms with Crippen LogP contribution in [0.5, 0.6) is 0 Å². The lowest BCUT2D eigenvalue weighted by molar-refractivity contribution is -0.118. The zero-order valence-electron chi connectivity index (χ0n) is 17.5. The van der Waals surface area contributed by atoms with Gasteiger partial charge in [-0.05, 0) is 55.6 Å². The summed E-state index contributed by atoms with van der Waals surface area (Å²) < 4.78 is 1.01.